The third-order valence-corrected chi connectivity index (χ3v) is 9.08. The molecule has 202 valence electrons. The van der Waals surface area contributed by atoms with E-state index >= 15 is 0 Å². The molecule has 0 unspecified atom stereocenters. The van der Waals surface area contributed by atoms with Crippen molar-refractivity contribution >= 4 is 50.9 Å². The summed E-state index contributed by atoms with van der Waals surface area (Å²) in [6.45, 7) is 1.23. The van der Waals surface area contributed by atoms with Gasteiger partial charge in [-0.05, 0) is 49.6 Å². The lowest BCUT2D eigenvalue weighted by atomic mass is 9.95. The Kier molecular flexibility index (Phi) is 10.2. The number of carbonyl (C=O) groups excluding carboxylic acids is 2. The van der Waals surface area contributed by atoms with Crippen LogP contribution in [0.25, 0.3) is 0 Å². The molecule has 0 aromatic heterocycles. The second kappa shape index (κ2) is 13.0. The normalized spacial score (nSPS) is 15.3. The summed E-state index contributed by atoms with van der Waals surface area (Å²) in [4.78, 5) is 28.4. The number of rotatable bonds is 10. The minimum Gasteiger partial charge on any atom is -0.352 e. The molecule has 0 radical (unpaired) electrons. The Bertz CT molecular complexity index is 1190. The minimum absolute atomic E-state index is 0.0552. The van der Waals surface area contributed by atoms with E-state index in [-0.39, 0.29) is 18.5 Å². The lowest BCUT2D eigenvalue weighted by molar-refractivity contribution is -0.139. The van der Waals surface area contributed by atoms with Crippen LogP contribution in [-0.2, 0) is 26.3 Å². The van der Waals surface area contributed by atoms with Gasteiger partial charge in [-0.25, -0.2) is 4.31 Å². The van der Waals surface area contributed by atoms with Gasteiger partial charge >= 0.3 is 10.2 Å². The fourth-order valence-corrected chi connectivity index (χ4v) is 5.67. The first-order valence-corrected chi connectivity index (χ1v) is 14.4. The summed E-state index contributed by atoms with van der Waals surface area (Å²) in [5.74, 6) is -0.798. The predicted molar refractivity (Wildman–Crippen MR) is 148 cm³/mol. The molecule has 1 aliphatic rings. The van der Waals surface area contributed by atoms with Crippen molar-refractivity contribution in [3.05, 3.63) is 64.1 Å². The third-order valence-electron chi connectivity index (χ3n) is 6.52. The van der Waals surface area contributed by atoms with Gasteiger partial charge in [0.2, 0.25) is 11.8 Å². The Morgan fingerprint density at radius 1 is 1.00 bits per heavy atom. The van der Waals surface area contributed by atoms with Gasteiger partial charge in [0.15, 0.2) is 0 Å². The number of hydrogen-bond donors (Lipinski definition) is 1. The van der Waals surface area contributed by atoms with Crippen LogP contribution in [0, 0.1) is 0 Å². The Labute approximate surface area is 229 Å². The maximum atomic E-state index is 13.8. The summed E-state index contributed by atoms with van der Waals surface area (Å²) in [5, 5.41) is 3.77. The first-order chi connectivity index (χ1) is 17.5. The number of amides is 2. The molecule has 0 aliphatic heterocycles. The van der Waals surface area contributed by atoms with Gasteiger partial charge in [0.1, 0.15) is 12.6 Å². The van der Waals surface area contributed by atoms with E-state index < -0.39 is 28.7 Å². The molecule has 37 heavy (non-hydrogen) atoms. The van der Waals surface area contributed by atoms with Crippen LogP contribution in [0.1, 0.15) is 44.6 Å². The molecule has 1 saturated carbocycles. The number of anilines is 1. The standard InChI is InChI=1S/C26H34Cl2N4O4S/c1-19(26(34)29-21-10-6-4-7-11-21)31(17-20-14-15-23(27)24(28)16-20)25(33)18-32(37(35,36)30(2)3)22-12-8-5-9-13-22/h5,8-9,12-16,19,21H,4,6-7,10-11,17-18H2,1-3H3,(H,29,34)/t19-/m1/s1. The summed E-state index contributed by atoms with van der Waals surface area (Å²) in [6.07, 6.45) is 5.07. The van der Waals surface area contributed by atoms with Crippen molar-refractivity contribution in [1.29, 1.82) is 0 Å². The topological polar surface area (TPSA) is 90.0 Å². The van der Waals surface area contributed by atoms with Crippen LogP contribution in [0.15, 0.2) is 48.5 Å². The van der Waals surface area contributed by atoms with E-state index in [1.807, 2.05) is 0 Å². The highest BCUT2D eigenvalue weighted by atomic mass is 35.5. The molecule has 8 nitrogen and oxygen atoms in total. The van der Waals surface area contributed by atoms with E-state index in [2.05, 4.69) is 5.32 Å². The summed E-state index contributed by atoms with van der Waals surface area (Å²) in [6, 6.07) is 12.6. The molecule has 3 rings (SSSR count). The molecular weight excluding hydrogens is 535 g/mol. The monoisotopic (exact) mass is 568 g/mol. The number of nitrogens with zero attached hydrogens (tertiary/aromatic N) is 3. The minimum atomic E-state index is -3.99. The average Bonchev–Trinajstić information content (AvgIpc) is 2.88. The van der Waals surface area contributed by atoms with Crippen LogP contribution >= 0.6 is 23.2 Å². The second-order valence-corrected chi connectivity index (χ2v) is 12.3. The van der Waals surface area contributed by atoms with E-state index in [9.17, 15) is 18.0 Å². The van der Waals surface area contributed by atoms with Gasteiger partial charge in [-0.1, -0.05) is 66.7 Å². The van der Waals surface area contributed by atoms with Crippen LogP contribution in [0.3, 0.4) is 0 Å². The lowest BCUT2D eigenvalue weighted by Gasteiger charge is -2.34. The molecule has 1 aliphatic carbocycles. The van der Waals surface area contributed by atoms with E-state index in [0.29, 0.717) is 21.3 Å². The predicted octanol–water partition coefficient (Wildman–Crippen LogP) is 4.47. The van der Waals surface area contributed by atoms with E-state index in [4.69, 9.17) is 23.2 Å². The summed E-state index contributed by atoms with van der Waals surface area (Å²) in [7, 11) is -1.18. The lowest BCUT2D eigenvalue weighted by Crippen LogP contribution is -2.53. The molecule has 11 heteroatoms. The van der Waals surface area contributed by atoms with Crippen molar-refractivity contribution in [2.24, 2.45) is 0 Å². The molecule has 0 heterocycles. The van der Waals surface area contributed by atoms with Gasteiger partial charge in [-0.15, -0.1) is 0 Å². The van der Waals surface area contributed by atoms with Gasteiger partial charge < -0.3 is 10.2 Å². The highest BCUT2D eigenvalue weighted by Crippen LogP contribution is 2.25. The Hall–Kier alpha value is -2.33. The number of benzene rings is 2. The summed E-state index contributed by atoms with van der Waals surface area (Å²) >= 11 is 12.3. The number of para-hydroxylation sites is 1. The number of halogens is 2. The molecule has 0 bridgehead atoms. The van der Waals surface area contributed by atoms with Crippen molar-refractivity contribution in [3.63, 3.8) is 0 Å². The SMILES string of the molecule is C[C@H](C(=O)NC1CCCCC1)N(Cc1ccc(Cl)c(Cl)c1)C(=O)CN(c1ccccc1)S(=O)(=O)N(C)C. The molecule has 0 saturated heterocycles. The number of nitrogens with one attached hydrogen (secondary N) is 1. The highest BCUT2D eigenvalue weighted by molar-refractivity contribution is 7.90. The zero-order chi connectivity index (χ0) is 27.2. The maximum Gasteiger partial charge on any atom is 0.304 e. The van der Waals surface area contributed by atoms with Crippen LogP contribution in [-0.4, -0.2) is 62.2 Å². The van der Waals surface area contributed by atoms with Crippen LogP contribution in [0.2, 0.25) is 10.0 Å². The van der Waals surface area contributed by atoms with Crippen molar-refractivity contribution in [3.8, 4) is 0 Å². The Balaban J connectivity index is 1.91. The van der Waals surface area contributed by atoms with E-state index in [0.717, 1.165) is 40.7 Å². The zero-order valence-electron chi connectivity index (χ0n) is 21.4. The molecule has 1 atom stereocenters. The van der Waals surface area contributed by atoms with Crippen molar-refractivity contribution in [2.75, 3.05) is 24.9 Å². The van der Waals surface area contributed by atoms with Gasteiger partial charge in [0.25, 0.3) is 0 Å². The van der Waals surface area contributed by atoms with Crippen molar-refractivity contribution < 1.29 is 18.0 Å². The Morgan fingerprint density at radius 3 is 2.24 bits per heavy atom. The van der Waals surface area contributed by atoms with Crippen molar-refractivity contribution in [2.45, 2.75) is 57.7 Å². The maximum absolute atomic E-state index is 13.8. The van der Waals surface area contributed by atoms with Crippen LogP contribution in [0.5, 0.6) is 0 Å². The summed E-state index contributed by atoms with van der Waals surface area (Å²) < 4.78 is 28.4. The van der Waals surface area contributed by atoms with Crippen LogP contribution < -0.4 is 9.62 Å². The van der Waals surface area contributed by atoms with E-state index in [1.54, 1.807) is 55.5 Å². The molecular formula is C26H34Cl2N4O4S. The highest BCUT2D eigenvalue weighted by Gasteiger charge is 2.33. The fraction of sp³-hybridized carbons (Fsp3) is 0.462. The molecule has 0 spiro atoms. The number of hydrogen-bond acceptors (Lipinski definition) is 4. The molecule has 2 amide bonds. The Morgan fingerprint density at radius 2 is 1.65 bits per heavy atom. The van der Waals surface area contributed by atoms with E-state index in [1.165, 1.54) is 19.0 Å². The van der Waals surface area contributed by atoms with Gasteiger partial charge in [0.05, 0.1) is 15.7 Å². The van der Waals surface area contributed by atoms with Crippen molar-refractivity contribution in [1.82, 2.24) is 14.5 Å². The molecule has 2 aromatic carbocycles. The van der Waals surface area contributed by atoms with Gasteiger partial charge in [0, 0.05) is 26.7 Å². The first-order valence-electron chi connectivity index (χ1n) is 12.3. The van der Waals surface area contributed by atoms with Crippen LogP contribution in [0.4, 0.5) is 5.69 Å². The smallest absolute Gasteiger partial charge is 0.304 e. The largest absolute Gasteiger partial charge is 0.352 e. The fourth-order valence-electron chi connectivity index (χ4n) is 4.30. The third kappa shape index (κ3) is 7.60. The summed E-state index contributed by atoms with van der Waals surface area (Å²) in [5.41, 5.74) is 1.01. The number of carbonyl (C=O) groups is 2. The first kappa shape index (κ1) is 29.2. The van der Waals surface area contributed by atoms with Gasteiger partial charge in [-0.3, -0.25) is 9.59 Å². The molecule has 2 aromatic rings. The molecule has 1 fully saturated rings. The second-order valence-electron chi connectivity index (χ2n) is 9.42. The quantitative estimate of drug-likeness (QED) is 0.457. The zero-order valence-corrected chi connectivity index (χ0v) is 23.7. The van der Waals surface area contributed by atoms with Gasteiger partial charge in [-0.2, -0.15) is 12.7 Å². The average molecular weight is 570 g/mol. The molecule has 1 N–H and O–H groups in total.